The molecule has 4 N–H and O–H groups in total. The average molecular weight is 382 g/mol. The number of anilines is 3. The van der Waals surface area contributed by atoms with E-state index in [1.165, 1.54) is 12.1 Å². The maximum absolute atomic E-state index is 12.7. The van der Waals surface area contributed by atoms with Crippen LogP contribution in [0.5, 0.6) is 0 Å². The molecule has 146 valence electrons. The zero-order valence-electron chi connectivity index (χ0n) is 14.9. The van der Waals surface area contributed by atoms with Gasteiger partial charge in [0.15, 0.2) is 0 Å². The molecule has 0 saturated heterocycles. The van der Waals surface area contributed by atoms with Gasteiger partial charge in [-0.05, 0) is 45.1 Å². The largest absolute Gasteiger partial charge is 0.416 e. The van der Waals surface area contributed by atoms with Crippen LogP contribution in [0.2, 0.25) is 0 Å². The summed E-state index contributed by atoms with van der Waals surface area (Å²) in [5, 5.41) is 10.9. The van der Waals surface area contributed by atoms with E-state index in [9.17, 15) is 18.0 Å². The Kier molecular flexibility index (Phi) is 6.94. The second kappa shape index (κ2) is 9.17. The molecule has 0 radical (unpaired) electrons. The molecular formula is C17H21F3N6O. The molecule has 2 rings (SSSR count). The number of halogens is 3. The minimum Gasteiger partial charge on any atom is -0.370 e. The highest BCUT2D eigenvalue weighted by Crippen LogP contribution is 2.30. The lowest BCUT2D eigenvalue weighted by Gasteiger charge is -2.11. The number of alkyl halides is 3. The van der Waals surface area contributed by atoms with E-state index in [1.54, 1.807) is 13.0 Å². The van der Waals surface area contributed by atoms with Crippen molar-refractivity contribution in [1.29, 1.82) is 0 Å². The number of aromatic nitrogens is 2. The normalized spacial score (nSPS) is 11.1. The fraction of sp³-hybridized carbons (Fsp3) is 0.353. The number of carbonyl (C=O) groups excluding carboxylic acids is 1. The smallest absolute Gasteiger partial charge is 0.370 e. The number of benzene rings is 1. The Balaban J connectivity index is 2.00. The number of hydrogen-bond donors (Lipinski definition) is 4. The Labute approximate surface area is 154 Å². The van der Waals surface area contributed by atoms with Crippen molar-refractivity contribution < 1.29 is 18.0 Å². The summed E-state index contributed by atoms with van der Waals surface area (Å²) in [4.78, 5) is 20.3. The van der Waals surface area contributed by atoms with Crippen LogP contribution in [0.3, 0.4) is 0 Å². The molecule has 0 aliphatic heterocycles. The molecule has 2 aromatic rings. The zero-order valence-corrected chi connectivity index (χ0v) is 14.9. The summed E-state index contributed by atoms with van der Waals surface area (Å²) in [5.41, 5.74) is -0.198. The van der Waals surface area contributed by atoms with E-state index in [2.05, 4.69) is 31.2 Å². The average Bonchev–Trinajstić information content (AvgIpc) is 2.57. The third-order valence-corrected chi connectivity index (χ3v) is 3.44. The number of hydrogen-bond acceptors (Lipinski definition) is 5. The second-order valence-corrected chi connectivity index (χ2v) is 5.76. The van der Waals surface area contributed by atoms with Crippen LogP contribution in [0.25, 0.3) is 0 Å². The van der Waals surface area contributed by atoms with Gasteiger partial charge in [-0.15, -0.1) is 0 Å². The summed E-state index contributed by atoms with van der Waals surface area (Å²) < 4.78 is 38.2. The maximum atomic E-state index is 12.7. The molecular weight excluding hydrogens is 361 g/mol. The van der Waals surface area contributed by atoms with Crippen molar-refractivity contribution in [2.45, 2.75) is 19.5 Å². The van der Waals surface area contributed by atoms with Crippen molar-refractivity contribution in [2.24, 2.45) is 0 Å². The van der Waals surface area contributed by atoms with Crippen LogP contribution in [-0.4, -0.2) is 36.1 Å². The van der Waals surface area contributed by atoms with Gasteiger partial charge in [0.25, 0.3) is 0 Å². The van der Waals surface area contributed by atoms with Gasteiger partial charge in [0.05, 0.1) is 5.56 Å². The fourth-order valence-corrected chi connectivity index (χ4v) is 2.23. The maximum Gasteiger partial charge on any atom is 0.416 e. The Hall–Kier alpha value is -2.88. The van der Waals surface area contributed by atoms with Gasteiger partial charge in [0, 0.05) is 24.0 Å². The van der Waals surface area contributed by atoms with Gasteiger partial charge in [-0.3, -0.25) is 5.32 Å². The molecule has 0 unspecified atom stereocenters. The molecule has 0 aliphatic rings. The molecule has 0 aliphatic carbocycles. The van der Waals surface area contributed by atoms with Gasteiger partial charge in [-0.2, -0.15) is 18.2 Å². The monoisotopic (exact) mass is 382 g/mol. The molecule has 10 heteroatoms. The summed E-state index contributed by atoms with van der Waals surface area (Å²) in [6.07, 6.45) is -3.60. The van der Waals surface area contributed by atoms with E-state index in [-0.39, 0.29) is 11.6 Å². The first kappa shape index (κ1) is 20.4. The highest BCUT2D eigenvalue weighted by molar-refractivity contribution is 5.98. The highest BCUT2D eigenvalue weighted by Gasteiger charge is 2.30. The summed E-state index contributed by atoms with van der Waals surface area (Å²) >= 11 is 0. The summed E-state index contributed by atoms with van der Waals surface area (Å²) in [5.74, 6) is 0.601. The van der Waals surface area contributed by atoms with Gasteiger partial charge < -0.3 is 16.0 Å². The van der Waals surface area contributed by atoms with Crippen molar-refractivity contribution in [1.82, 2.24) is 15.3 Å². The van der Waals surface area contributed by atoms with Gasteiger partial charge in [-0.25, -0.2) is 9.78 Å². The molecule has 0 atom stereocenters. The number of amides is 2. The van der Waals surface area contributed by atoms with E-state index in [0.717, 1.165) is 25.1 Å². The number of aryl methyl sites for hydroxylation is 1. The Morgan fingerprint density at radius 3 is 2.59 bits per heavy atom. The number of urea groups is 1. The molecule has 2 amide bonds. The van der Waals surface area contributed by atoms with Crippen LogP contribution in [0, 0.1) is 6.92 Å². The van der Waals surface area contributed by atoms with E-state index >= 15 is 0 Å². The third-order valence-electron chi connectivity index (χ3n) is 3.44. The molecule has 1 aromatic carbocycles. The van der Waals surface area contributed by atoms with E-state index in [0.29, 0.717) is 18.1 Å². The summed E-state index contributed by atoms with van der Waals surface area (Å²) in [7, 11) is 1.86. The predicted molar refractivity (Wildman–Crippen MR) is 97.9 cm³/mol. The molecule has 0 spiro atoms. The van der Waals surface area contributed by atoms with Crippen molar-refractivity contribution in [2.75, 3.05) is 36.1 Å². The lowest BCUT2D eigenvalue weighted by molar-refractivity contribution is -0.137. The fourth-order valence-electron chi connectivity index (χ4n) is 2.23. The molecule has 0 saturated carbocycles. The number of rotatable bonds is 7. The molecule has 0 fully saturated rings. The topological polar surface area (TPSA) is 91.0 Å². The van der Waals surface area contributed by atoms with Gasteiger partial charge in [-0.1, -0.05) is 6.07 Å². The zero-order chi connectivity index (χ0) is 19.9. The Bertz CT molecular complexity index is 782. The quantitative estimate of drug-likeness (QED) is 0.551. The van der Waals surface area contributed by atoms with Gasteiger partial charge >= 0.3 is 12.2 Å². The summed E-state index contributed by atoms with van der Waals surface area (Å²) in [6, 6.07) is 5.36. The summed E-state index contributed by atoms with van der Waals surface area (Å²) in [6.45, 7) is 3.28. The van der Waals surface area contributed by atoms with Crippen molar-refractivity contribution in [3.05, 3.63) is 41.6 Å². The van der Waals surface area contributed by atoms with Crippen molar-refractivity contribution in [3.8, 4) is 0 Å². The van der Waals surface area contributed by atoms with Crippen LogP contribution in [-0.2, 0) is 6.18 Å². The minimum absolute atomic E-state index is 0.0143. The van der Waals surface area contributed by atoms with Crippen molar-refractivity contribution in [3.63, 3.8) is 0 Å². The van der Waals surface area contributed by atoms with Gasteiger partial charge in [0.2, 0.25) is 5.95 Å². The second-order valence-electron chi connectivity index (χ2n) is 5.76. The molecule has 27 heavy (non-hydrogen) atoms. The third kappa shape index (κ3) is 6.74. The van der Waals surface area contributed by atoms with Crippen molar-refractivity contribution >= 4 is 23.5 Å². The number of carbonyl (C=O) groups is 1. The molecule has 0 bridgehead atoms. The number of nitrogens with one attached hydrogen (secondary N) is 4. The Morgan fingerprint density at radius 2 is 1.89 bits per heavy atom. The van der Waals surface area contributed by atoms with E-state index in [1.807, 2.05) is 7.05 Å². The highest BCUT2D eigenvalue weighted by atomic mass is 19.4. The molecule has 7 nitrogen and oxygen atoms in total. The van der Waals surface area contributed by atoms with Crippen LogP contribution in [0.15, 0.2) is 30.3 Å². The van der Waals surface area contributed by atoms with Crippen LogP contribution < -0.4 is 21.3 Å². The van der Waals surface area contributed by atoms with E-state index in [4.69, 9.17) is 0 Å². The van der Waals surface area contributed by atoms with Crippen LogP contribution >= 0.6 is 0 Å². The van der Waals surface area contributed by atoms with Crippen LogP contribution in [0.1, 0.15) is 17.7 Å². The minimum atomic E-state index is -4.48. The first-order valence-corrected chi connectivity index (χ1v) is 8.27. The number of nitrogens with zero attached hydrogens (tertiary/aromatic N) is 2. The molecule has 1 aromatic heterocycles. The first-order chi connectivity index (χ1) is 12.8. The van der Waals surface area contributed by atoms with Gasteiger partial charge in [0.1, 0.15) is 5.82 Å². The lowest BCUT2D eigenvalue weighted by Crippen LogP contribution is -2.22. The standard InChI is InChI=1S/C17H21F3N6O/c1-11-9-14(22-8-4-7-21-2)25-15(23-11)26-16(27)24-13-6-3-5-12(10-13)17(18,19)20/h3,5-6,9-10,21H,4,7-8H2,1-2H3,(H3,22,23,24,25,26,27). The SMILES string of the molecule is CNCCCNc1cc(C)nc(NC(=O)Nc2cccc(C(F)(F)F)c2)n1. The first-order valence-electron chi connectivity index (χ1n) is 8.27. The lowest BCUT2D eigenvalue weighted by atomic mass is 10.2. The van der Waals surface area contributed by atoms with E-state index < -0.39 is 17.8 Å². The predicted octanol–water partition coefficient (Wildman–Crippen LogP) is 3.47. The Morgan fingerprint density at radius 1 is 1.11 bits per heavy atom. The molecule has 1 heterocycles. The van der Waals surface area contributed by atoms with Crippen LogP contribution in [0.4, 0.5) is 35.4 Å².